The molecular weight excluding hydrogens is 260 g/mol. The number of carbonyl (C=O) groups excluding carboxylic acids is 1. The summed E-state index contributed by atoms with van der Waals surface area (Å²) >= 11 is 0. The Morgan fingerprint density at radius 2 is 2.10 bits per heavy atom. The minimum Gasteiger partial charge on any atom is -0.480 e. The Hall–Kier alpha value is -2.08. The molecule has 6 heteroatoms. The number of carbonyl (C=O) groups is 2. The first-order valence-electron chi connectivity index (χ1n) is 6.46. The van der Waals surface area contributed by atoms with E-state index in [1.54, 1.807) is 7.05 Å². The summed E-state index contributed by atoms with van der Waals surface area (Å²) < 4.78 is 5.13. The van der Waals surface area contributed by atoms with Crippen LogP contribution in [0.25, 0.3) is 0 Å². The molecule has 20 heavy (non-hydrogen) atoms. The van der Waals surface area contributed by atoms with Crippen LogP contribution in [0.15, 0.2) is 30.3 Å². The second kappa shape index (κ2) is 6.38. The molecule has 0 bridgehead atoms. The Balaban J connectivity index is 2.03. The van der Waals surface area contributed by atoms with Gasteiger partial charge in [0.15, 0.2) is 6.04 Å². The molecule has 1 saturated heterocycles. The normalized spacial score (nSPS) is 18.6. The maximum atomic E-state index is 12.4. The van der Waals surface area contributed by atoms with Gasteiger partial charge in [0.2, 0.25) is 0 Å². The number of hydrogen-bond donors (Lipinski definition) is 1. The van der Waals surface area contributed by atoms with Gasteiger partial charge in [-0.2, -0.15) is 0 Å². The summed E-state index contributed by atoms with van der Waals surface area (Å²) in [4.78, 5) is 26.4. The van der Waals surface area contributed by atoms with E-state index >= 15 is 0 Å². The van der Waals surface area contributed by atoms with E-state index in [1.807, 2.05) is 30.3 Å². The fourth-order valence-corrected chi connectivity index (χ4v) is 2.18. The largest absolute Gasteiger partial charge is 0.480 e. The number of aliphatic carboxylic acids is 1. The number of morpholine rings is 1. The molecule has 1 aliphatic rings. The van der Waals surface area contributed by atoms with Crippen LogP contribution >= 0.6 is 0 Å². The van der Waals surface area contributed by atoms with Crippen molar-refractivity contribution in [1.82, 2.24) is 9.80 Å². The van der Waals surface area contributed by atoms with Gasteiger partial charge < -0.3 is 19.6 Å². The van der Waals surface area contributed by atoms with Gasteiger partial charge in [0.05, 0.1) is 13.2 Å². The molecule has 1 heterocycles. The molecule has 1 aliphatic heterocycles. The maximum absolute atomic E-state index is 12.4. The predicted octanol–water partition coefficient (Wildman–Crippen LogP) is 1.02. The first kappa shape index (κ1) is 14.3. The molecule has 0 spiro atoms. The van der Waals surface area contributed by atoms with Crippen LogP contribution in [0.5, 0.6) is 0 Å². The van der Waals surface area contributed by atoms with E-state index in [9.17, 15) is 9.59 Å². The average molecular weight is 278 g/mol. The summed E-state index contributed by atoms with van der Waals surface area (Å²) in [6.45, 7) is 1.16. The Morgan fingerprint density at radius 3 is 2.75 bits per heavy atom. The van der Waals surface area contributed by atoms with E-state index in [0.717, 1.165) is 5.56 Å². The van der Waals surface area contributed by atoms with Crippen LogP contribution < -0.4 is 0 Å². The van der Waals surface area contributed by atoms with Gasteiger partial charge in [0.1, 0.15) is 0 Å². The van der Waals surface area contributed by atoms with Crippen LogP contribution in [0.1, 0.15) is 5.56 Å². The molecule has 108 valence electrons. The molecule has 0 radical (unpaired) electrons. The third-order valence-electron chi connectivity index (χ3n) is 3.25. The molecule has 2 rings (SSSR count). The van der Waals surface area contributed by atoms with Crippen molar-refractivity contribution in [3.63, 3.8) is 0 Å². The molecule has 6 nitrogen and oxygen atoms in total. The third-order valence-corrected chi connectivity index (χ3v) is 3.25. The van der Waals surface area contributed by atoms with Gasteiger partial charge in [-0.05, 0) is 5.56 Å². The number of hydrogen-bond acceptors (Lipinski definition) is 3. The van der Waals surface area contributed by atoms with Crippen molar-refractivity contribution in [3.05, 3.63) is 35.9 Å². The van der Waals surface area contributed by atoms with Crippen molar-refractivity contribution < 1.29 is 19.4 Å². The number of carboxylic acids is 1. The molecule has 1 aromatic carbocycles. The third kappa shape index (κ3) is 3.27. The SMILES string of the molecule is CN(Cc1ccccc1)C(=O)N1CCOCC1C(=O)O. The summed E-state index contributed by atoms with van der Waals surface area (Å²) in [5.74, 6) is -1.04. The number of rotatable bonds is 3. The summed E-state index contributed by atoms with van der Waals surface area (Å²) in [5.41, 5.74) is 1.00. The lowest BCUT2D eigenvalue weighted by atomic mass is 10.2. The fourth-order valence-electron chi connectivity index (χ4n) is 2.18. The zero-order valence-corrected chi connectivity index (χ0v) is 11.4. The number of carboxylic acid groups (broad SMARTS) is 1. The van der Waals surface area contributed by atoms with E-state index in [2.05, 4.69) is 0 Å². The molecule has 1 N–H and O–H groups in total. The van der Waals surface area contributed by atoms with Crippen LogP contribution in [0.4, 0.5) is 4.79 Å². The molecule has 1 aromatic rings. The molecule has 1 atom stereocenters. The summed E-state index contributed by atoms with van der Waals surface area (Å²) in [6, 6.07) is 8.38. The number of nitrogens with zero attached hydrogens (tertiary/aromatic N) is 2. The maximum Gasteiger partial charge on any atom is 0.328 e. The summed E-state index contributed by atoms with van der Waals surface area (Å²) in [7, 11) is 1.67. The van der Waals surface area contributed by atoms with Crippen molar-refractivity contribution >= 4 is 12.0 Å². The number of amides is 2. The average Bonchev–Trinajstić information content (AvgIpc) is 2.47. The first-order valence-corrected chi connectivity index (χ1v) is 6.46. The highest BCUT2D eigenvalue weighted by Gasteiger charge is 2.34. The van der Waals surface area contributed by atoms with E-state index < -0.39 is 12.0 Å². The highest BCUT2D eigenvalue weighted by Crippen LogP contribution is 2.12. The van der Waals surface area contributed by atoms with E-state index in [0.29, 0.717) is 19.7 Å². The van der Waals surface area contributed by atoms with Crippen molar-refractivity contribution in [2.75, 3.05) is 26.8 Å². The topological polar surface area (TPSA) is 70.1 Å². The zero-order chi connectivity index (χ0) is 14.5. The highest BCUT2D eigenvalue weighted by molar-refractivity contribution is 5.83. The Morgan fingerprint density at radius 1 is 1.40 bits per heavy atom. The Bertz CT molecular complexity index is 477. The van der Waals surface area contributed by atoms with Crippen molar-refractivity contribution in [3.8, 4) is 0 Å². The van der Waals surface area contributed by atoms with Crippen LogP contribution in [0.2, 0.25) is 0 Å². The van der Waals surface area contributed by atoms with Crippen LogP contribution in [0, 0.1) is 0 Å². The van der Waals surface area contributed by atoms with E-state index in [1.165, 1.54) is 9.80 Å². The molecular formula is C14H18N2O4. The fraction of sp³-hybridized carbons (Fsp3) is 0.429. The first-order chi connectivity index (χ1) is 9.59. The van der Waals surface area contributed by atoms with Crippen molar-refractivity contribution in [2.24, 2.45) is 0 Å². The van der Waals surface area contributed by atoms with Crippen molar-refractivity contribution in [2.45, 2.75) is 12.6 Å². The lowest BCUT2D eigenvalue weighted by molar-refractivity contribution is -0.147. The van der Waals surface area contributed by atoms with Gasteiger partial charge in [-0.25, -0.2) is 9.59 Å². The predicted molar refractivity (Wildman–Crippen MR) is 72.3 cm³/mol. The lowest BCUT2D eigenvalue weighted by Gasteiger charge is -2.35. The van der Waals surface area contributed by atoms with Gasteiger partial charge in [0, 0.05) is 20.1 Å². The van der Waals surface area contributed by atoms with Crippen LogP contribution in [0.3, 0.4) is 0 Å². The number of ether oxygens (including phenoxy) is 1. The second-order valence-corrected chi connectivity index (χ2v) is 4.75. The van der Waals surface area contributed by atoms with Gasteiger partial charge in [-0.15, -0.1) is 0 Å². The molecule has 2 amide bonds. The van der Waals surface area contributed by atoms with Gasteiger partial charge in [-0.3, -0.25) is 0 Å². The minimum atomic E-state index is -1.04. The van der Waals surface area contributed by atoms with Crippen molar-refractivity contribution in [1.29, 1.82) is 0 Å². The standard InChI is InChI=1S/C14H18N2O4/c1-15(9-11-5-3-2-4-6-11)14(19)16-7-8-20-10-12(16)13(17)18/h2-6,12H,7-10H2,1H3,(H,17,18). The summed E-state index contributed by atoms with van der Waals surface area (Å²) in [6.07, 6.45) is 0. The number of benzene rings is 1. The lowest BCUT2D eigenvalue weighted by Crippen LogP contribution is -2.55. The molecule has 0 aliphatic carbocycles. The molecule has 0 aromatic heterocycles. The summed E-state index contributed by atoms with van der Waals surface area (Å²) in [5, 5.41) is 9.14. The minimum absolute atomic E-state index is 0.0419. The monoisotopic (exact) mass is 278 g/mol. The molecule has 1 unspecified atom stereocenters. The van der Waals surface area contributed by atoms with Gasteiger partial charge in [0.25, 0.3) is 0 Å². The smallest absolute Gasteiger partial charge is 0.328 e. The van der Waals surface area contributed by atoms with E-state index in [-0.39, 0.29) is 12.6 Å². The van der Waals surface area contributed by atoms with E-state index in [4.69, 9.17) is 9.84 Å². The Labute approximate surface area is 117 Å². The number of urea groups is 1. The second-order valence-electron chi connectivity index (χ2n) is 4.75. The van der Waals surface area contributed by atoms with Crippen LogP contribution in [-0.2, 0) is 16.1 Å². The molecule has 0 saturated carbocycles. The van der Waals surface area contributed by atoms with Gasteiger partial charge >= 0.3 is 12.0 Å². The van der Waals surface area contributed by atoms with Gasteiger partial charge in [-0.1, -0.05) is 30.3 Å². The Kier molecular flexibility index (Phi) is 4.57. The highest BCUT2D eigenvalue weighted by atomic mass is 16.5. The van der Waals surface area contributed by atoms with Crippen LogP contribution in [-0.4, -0.2) is 59.8 Å². The molecule has 1 fully saturated rings. The zero-order valence-electron chi connectivity index (χ0n) is 11.4. The quantitative estimate of drug-likeness (QED) is 0.896.